The van der Waals surface area contributed by atoms with Crippen molar-refractivity contribution in [3.05, 3.63) is 0 Å². The molecule has 1 unspecified atom stereocenters. The second-order valence-electron chi connectivity index (χ2n) is 2.18. The molecule has 0 aromatic heterocycles. The molecule has 1 atom stereocenters. The first kappa shape index (κ1) is 14.6. The number of hydrogen-bond acceptors (Lipinski definition) is 4. The lowest BCUT2D eigenvalue weighted by molar-refractivity contribution is -0.138. The summed E-state index contributed by atoms with van der Waals surface area (Å²) in [5.41, 5.74) is 14.1. The van der Waals surface area contributed by atoms with E-state index in [0.717, 1.165) is 5.75 Å². The summed E-state index contributed by atoms with van der Waals surface area (Å²) in [5, 5.41) is 14.3. The average Bonchev–Trinajstić information content (AvgIpc) is 1.98. The first-order valence-corrected chi connectivity index (χ1v) is 4.88. The molecule has 6 nitrogen and oxygen atoms in total. The number of guanidine groups is 1. The van der Waals surface area contributed by atoms with E-state index in [4.69, 9.17) is 16.2 Å². The Hall–Kier alpha value is -0.950. The minimum absolute atomic E-state index is 0.333. The van der Waals surface area contributed by atoms with Crippen LogP contribution in [0.4, 0.5) is 0 Å². The number of rotatable bonds is 4. The van der Waals surface area contributed by atoms with E-state index >= 15 is 0 Å². The molecule has 13 heavy (non-hydrogen) atoms. The van der Waals surface area contributed by atoms with Gasteiger partial charge in [-0.2, -0.15) is 11.8 Å². The van der Waals surface area contributed by atoms with E-state index in [1.807, 2.05) is 6.26 Å². The predicted octanol–water partition coefficient (Wildman–Crippen LogP) is -1.01. The molecule has 0 heterocycles. The minimum Gasteiger partial charge on any atom is -0.480 e. The minimum atomic E-state index is -0.913. The largest absolute Gasteiger partial charge is 0.480 e. The number of nitrogens with one attached hydrogen (secondary N) is 1. The first-order valence-electron chi connectivity index (χ1n) is 3.48. The summed E-state index contributed by atoms with van der Waals surface area (Å²) in [4.78, 5) is 10.1. The Morgan fingerprint density at radius 1 is 1.62 bits per heavy atom. The van der Waals surface area contributed by atoms with Crippen LogP contribution in [0.3, 0.4) is 0 Å². The van der Waals surface area contributed by atoms with Crippen molar-refractivity contribution < 1.29 is 9.90 Å². The van der Waals surface area contributed by atoms with Gasteiger partial charge in [0.15, 0.2) is 5.96 Å². The first-order chi connectivity index (χ1) is 5.91. The fraction of sp³-hybridized carbons (Fsp3) is 0.667. The van der Waals surface area contributed by atoms with Gasteiger partial charge in [0, 0.05) is 0 Å². The van der Waals surface area contributed by atoms with E-state index < -0.39 is 12.0 Å². The van der Waals surface area contributed by atoms with Gasteiger partial charge in [-0.3, -0.25) is 10.2 Å². The van der Waals surface area contributed by atoms with Gasteiger partial charge in [0.05, 0.1) is 0 Å². The number of aliphatic carboxylic acids is 1. The molecular weight excluding hydrogens is 192 g/mol. The van der Waals surface area contributed by atoms with Crippen molar-refractivity contribution in [2.75, 3.05) is 12.0 Å². The zero-order valence-electron chi connectivity index (χ0n) is 7.49. The second kappa shape index (κ2) is 9.14. The summed E-state index contributed by atoms with van der Waals surface area (Å²) < 4.78 is 0. The number of carboxylic acid groups (broad SMARTS) is 1. The SMILES string of the molecule is CSCCC(N)C(=O)O.N=C(N)N. The Morgan fingerprint density at radius 2 is 2.00 bits per heavy atom. The molecule has 0 bridgehead atoms. The van der Waals surface area contributed by atoms with Gasteiger partial charge in [-0.15, -0.1) is 0 Å². The Bertz CT molecular complexity index is 161. The Morgan fingerprint density at radius 3 is 2.23 bits per heavy atom. The number of carboxylic acids is 1. The lowest BCUT2D eigenvalue weighted by atomic mass is 10.2. The highest BCUT2D eigenvalue weighted by Gasteiger charge is 2.08. The summed E-state index contributed by atoms with van der Waals surface area (Å²) in [6, 6.07) is -0.683. The van der Waals surface area contributed by atoms with Crippen molar-refractivity contribution in [3.8, 4) is 0 Å². The Labute approximate surface area is 81.4 Å². The van der Waals surface area contributed by atoms with Crippen molar-refractivity contribution in [1.29, 1.82) is 5.41 Å². The molecule has 0 spiro atoms. The van der Waals surface area contributed by atoms with E-state index in [2.05, 4.69) is 11.5 Å². The van der Waals surface area contributed by atoms with Gasteiger partial charge in [-0.1, -0.05) is 0 Å². The molecule has 0 aliphatic rings. The van der Waals surface area contributed by atoms with Crippen LogP contribution in [0.15, 0.2) is 0 Å². The molecule has 78 valence electrons. The van der Waals surface area contributed by atoms with E-state index in [9.17, 15) is 4.79 Å². The molecule has 0 amide bonds. The average molecular weight is 208 g/mol. The molecule has 0 aromatic rings. The van der Waals surface area contributed by atoms with Crippen molar-refractivity contribution in [2.45, 2.75) is 12.5 Å². The topological polar surface area (TPSA) is 139 Å². The van der Waals surface area contributed by atoms with Gasteiger partial charge in [-0.05, 0) is 18.4 Å². The smallest absolute Gasteiger partial charge is 0.320 e. The molecule has 0 fully saturated rings. The van der Waals surface area contributed by atoms with Crippen LogP contribution >= 0.6 is 11.8 Å². The molecule has 0 saturated carbocycles. The van der Waals surface area contributed by atoms with E-state index in [0.29, 0.717) is 6.42 Å². The van der Waals surface area contributed by atoms with E-state index in [1.54, 1.807) is 11.8 Å². The monoisotopic (exact) mass is 208 g/mol. The number of nitrogens with two attached hydrogens (primary N) is 3. The summed E-state index contributed by atoms with van der Waals surface area (Å²) in [5.74, 6) is -0.433. The van der Waals surface area contributed by atoms with E-state index in [-0.39, 0.29) is 5.96 Å². The van der Waals surface area contributed by atoms with Crippen molar-refractivity contribution in [3.63, 3.8) is 0 Å². The van der Waals surface area contributed by atoms with Crippen LogP contribution in [0.25, 0.3) is 0 Å². The quantitative estimate of drug-likeness (QED) is 0.296. The third-order valence-corrected chi connectivity index (χ3v) is 1.59. The lowest BCUT2D eigenvalue weighted by Gasteiger charge is -2.02. The summed E-state index contributed by atoms with van der Waals surface area (Å²) in [6.07, 6.45) is 2.48. The molecule has 0 aromatic carbocycles. The molecule has 0 rings (SSSR count). The van der Waals surface area contributed by atoms with Crippen LogP contribution in [0.2, 0.25) is 0 Å². The lowest BCUT2D eigenvalue weighted by Crippen LogP contribution is -2.30. The fourth-order valence-electron chi connectivity index (χ4n) is 0.368. The molecular formula is C6H16N4O2S. The summed E-state index contributed by atoms with van der Waals surface area (Å²) >= 11 is 1.60. The Kier molecular flexibility index (Phi) is 10.2. The standard InChI is InChI=1S/C5H11NO2S.CH5N3/c1-9-3-2-4(6)5(7)8;2-1(3)4/h4H,2-3,6H2,1H3,(H,7,8);(H5,2,3,4). The van der Waals surface area contributed by atoms with Crippen LogP contribution < -0.4 is 17.2 Å². The van der Waals surface area contributed by atoms with E-state index in [1.165, 1.54) is 0 Å². The maximum absolute atomic E-state index is 10.1. The van der Waals surface area contributed by atoms with Crippen molar-refractivity contribution in [1.82, 2.24) is 0 Å². The maximum atomic E-state index is 10.1. The zero-order chi connectivity index (χ0) is 10.9. The van der Waals surface area contributed by atoms with Gasteiger partial charge < -0.3 is 22.3 Å². The van der Waals surface area contributed by atoms with Gasteiger partial charge in [0.1, 0.15) is 6.04 Å². The predicted molar refractivity (Wildman–Crippen MR) is 54.7 cm³/mol. The number of hydrogen-bond donors (Lipinski definition) is 5. The van der Waals surface area contributed by atoms with Crippen LogP contribution in [0, 0.1) is 5.41 Å². The Balaban J connectivity index is 0. The molecule has 0 aliphatic carbocycles. The molecule has 0 aliphatic heterocycles. The van der Waals surface area contributed by atoms with Crippen LogP contribution in [-0.2, 0) is 4.79 Å². The van der Waals surface area contributed by atoms with Crippen LogP contribution in [0.5, 0.6) is 0 Å². The zero-order valence-corrected chi connectivity index (χ0v) is 8.30. The van der Waals surface area contributed by atoms with Gasteiger partial charge in [0.2, 0.25) is 0 Å². The van der Waals surface area contributed by atoms with Gasteiger partial charge >= 0.3 is 5.97 Å². The van der Waals surface area contributed by atoms with Crippen LogP contribution in [0.1, 0.15) is 6.42 Å². The highest BCUT2D eigenvalue weighted by molar-refractivity contribution is 7.98. The third-order valence-electron chi connectivity index (χ3n) is 0.950. The highest BCUT2D eigenvalue weighted by atomic mass is 32.2. The second-order valence-corrected chi connectivity index (χ2v) is 3.17. The van der Waals surface area contributed by atoms with Crippen molar-refractivity contribution >= 4 is 23.7 Å². The van der Waals surface area contributed by atoms with Crippen LogP contribution in [-0.4, -0.2) is 35.1 Å². The normalized spacial score (nSPS) is 10.9. The van der Waals surface area contributed by atoms with Crippen molar-refractivity contribution in [2.24, 2.45) is 17.2 Å². The molecule has 8 N–H and O–H groups in total. The fourth-order valence-corrected chi connectivity index (χ4v) is 0.858. The summed E-state index contributed by atoms with van der Waals surface area (Å²) in [7, 11) is 0. The van der Waals surface area contributed by atoms with Gasteiger partial charge in [-0.25, -0.2) is 0 Å². The molecule has 0 radical (unpaired) electrons. The molecule has 7 heteroatoms. The maximum Gasteiger partial charge on any atom is 0.320 e. The number of thioether (sulfide) groups is 1. The highest BCUT2D eigenvalue weighted by Crippen LogP contribution is 1.97. The van der Waals surface area contributed by atoms with Gasteiger partial charge in [0.25, 0.3) is 0 Å². The third kappa shape index (κ3) is 18.2. The molecule has 0 saturated heterocycles. The number of carbonyl (C=O) groups is 1. The summed E-state index contributed by atoms with van der Waals surface area (Å²) in [6.45, 7) is 0.